The molecule has 0 bridgehead atoms. The molecule has 1 saturated heterocycles. The number of benzene rings is 3. The minimum absolute atomic E-state index is 0.0565. The first-order valence-electron chi connectivity index (χ1n) is 13.1. The largest absolute Gasteiger partial charge is 0.573 e. The van der Waals surface area contributed by atoms with Gasteiger partial charge in [0.2, 0.25) is 0 Å². The highest BCUT2D eigenvalue weighted by Gasteiger charge is 2.39. The smallest absolute Gasteiger partial charge is 0.484 e. The second kappa shape index (κ2) is 11.5. The van der Waals surface area contributed by atoms with E-state index in [0.29, 0.717) is 11.4 Å². The SMILES string of the molecule is CC(C)c1ccccc1C1SC(=N)C(=O)N1/N=C/c1ccc2c(C(C)Oc3ccc(OC(F)(F)F)cc3)nn(C)c2c1. The van der Waals surface area contributed by atoms with Crippen LogP contribution in [0.1, 0.15) is 60.6 Å². The van der Waals surface area contributed by atoms with Crippen LogP contribution < -0.4 is 9.47 Å². The highest BCUT2D eigenvalue weighted by Crippen LogP contribution is 2.42. The first-order valence-corrected chi connectivity index (χ1v) is 14.0. The van der Waals surface area contributed by atoms with Gasteiger partial charge < -0.3 is 9.47 Å². The number of hydrogen-bond acceptors (Lipinski definition) is 7. The number of hydrogen-bond donors (Lipinski definition) is 1. The molecule has 1 amide bonds. The zero-order chi connectivity index (χ0) is 30.2. The zero-order valence-electron chi connectivity index (χ0n) is 23.2. The molecule has 0 aliphatic carbocycles. The summed E-state index contributed by atoms with van der Waals surface area (Å²) in [4.78, 5) is 12.8. The lowest BCUT2D eigenvalue weighted by molar-refractivity contribution is -0.274. The summed E-state index contributed by atoms with van der Waals surface area (Å²) in [7, 11) is 1.80. The summed E-state index contributed by atoms with van der Waals surface area (Å²) in [6, 6.07) is 18.7. The molecule has 5 rings (SSSR count). The molecular formula is C30H28F3N5O3S. The van der Waals surface area contributed by atoms with Gasteiger partial charge in [0.15, 0.2) is 5.04 Å². The number of alkyl halides is 3. The molecule has 2 heterocycles. The second-order valence-electron chi connectivity index (χ2n) is 10.0. The molecule has 1 N–H and O–H groups in total. The van der Waals surface area contributed by atoms with Gasteiger partial charge >= 0.3 is 6.36 Å². The van der Waals surface area contributed by atoms with Crippen LogP contribution >= 0.6 is 11.8 Å². The fourth-order valence-electron chi connectivity index (χ4n) is 4.78. The predicted molar refractivity (Wildman–Crippen MR) is 156 cm³/mol. The second-order valence-corrected chi connectivity index (χ2v) is 11.1. The molecule has 218 valence electrons. The van der Waals surface area contributed by atoms with Gasteiger partial charge in [0, 0.05) is 12.4 Å². The normalized spacial score (nSPS) is 16.7. The van der Waals surface area contributed by atoms with Crippen LogP contribution in [0.4, 0.5) is 13.2 Å². The molecular weight excluding hydrogens is 567 g/mol. The van der Waals surface area contributed by atoms with Gasteiger partial charge in [-0.1, -0.05) is 62.0 Å². The summed E-state index contributed by atoms with van der Waals surface area (Å²) in [6.45, 7) is 5.98. The minimum Gasteiger partial charge on any atom is -0.484 e. The van der Waals surface area contributed by atoms with E-state index in [2.05, 4.69) is 28.8 Å². The summed E-state index contributed by atoms with van der Waals surface area (Å²) < 4.78 is 48.9. The van der Waals surface area contributed by atoms with Gasteiger partial charge in [-0.2, -0.15) is 10.2 Å². The number of nitrogens with one attached hydrogen (secondary N) is 1. The number of aromatic nitrogens is 2. The monoisotopic (exact) mass is 595 g/mol. The maximum absolute atomic E-state index is 12.8. The number of carbonyl (C=O) groups is 1. The molecule has 0 radical (unpaired) electrons. The Morgan fingerprint density at radius 2 is 1.74 bits per heavy atom. The molecule has 2 atom stereocenters. The number of rotatable bonds is 8. The van der Waals surface area contributed by atoms with Gasteiger partial charge in [0.1, 0.15) is 28.7 Å². The quantitative estimate of drug-likeness (QED) is 0.216. The van der Waals surface area contributed by atoms with Crippen molar-refractivity contribution in [2.24, 2.45) is 12.1 Å². The lowest BCUT2D eigenvalue weighted by Gasteiger charge is -2.22. The van der Waals surface area contributed by atoms with Crippen molar-refractivity contribution in [2.75, 3.05) is 0 Å². The molecule has 1 aliphatic rings. The molecule has 42 heavy (non-hydrogen) atoms. The molecule has 2 unspecified atom stereocenters. The lowest BCUT2D eigenvalue weighted by Crippen LogP contribution is -2.25. The highest BCUT2D eigenvalue weighted by molar-refractivity contribution is 8.16. The van der Waals surface area contributed by atoms with Crippen LogP contribution in [0, 0.1) is 5.41 Å². The molecule has 4 aromatic rings. The van der Waals surface area contributed by atoms with Crippen molar-refractivity contribution in [3.63, 3.8) is 0 Å². The highest BCUT2D eigenvalue weighted by atomic mass is 32.2. The van der Waals surface area contributed by atoms with Gasteiger partial charge in [-0.3, -0.25) is 14.9 Å². The van der Waals surface area contributed by atoms with Crippen LogP contribution in [0.15, 0.2) is 71.8 Å². The van der Waals surface area contributed by atoms with Crippen LogP contribution in [0.2, 0.25) is 0 Å². The first-order chi connectivity index (χ1) is 19.9. The van der Waals surface area contributed by atoms with Crippen molar-refractivity contribution in [1.82, 2.24) is 14.8 Å². The predicted octanol–water partition coefficient (Wildman–Crippen LogP) is 7.32. The fraction of sp³-hybridized carbons (Fsp3) is 0.267. The number of ether oxygens (including phenoxy) is 2. The van der Waals surface area contributed by atoms with Crippen LogP contribution in [0.3, 0.4) is 0 Å². The van der Waals surface area contributed by atoms with Gasteiger partial charge in [-0.25, -0.2) is 5.01 Å². The number of fused-ring (bicyclic) bond motifs is 1. The van der Waals surface area contributed by atoms with E-state index in [0.717, 1.165) is 27.6 Å². The molecule has 12 heteroatoms. The number of halogens is 3. The maximum atomic E-state index is 12.8. The Morgan fingerprint density at radius 1 is 1.05 bits per heavy atom. The van der Waals surface area contributed by atoms with Crippen molar-refractivity contribution in [2.45, 2.75) is 44.5 Å². The summed E-state index contributed by atoms with van der Waals surface area (Å²) in [6.07, 6.45) is -3.67. The van der Waals surface area contributed by atoms with E-state index in [9.17, 15) is 18.0 Å². The lowest BCUT2D eigenvalue weighted by atomic mass is 9.97. The van der Waals surface area contributed by atoms with E-state index in [-0.39, 0.29) is 16.7 Å². The van der Waals surface area contributed by atoms with E-state index < -0.39 is 23.7 Å². The van der Waals surface area contributed by atoms with Crippen LogP contribution in [-0.4, -0.2) is 38.3 Å². The fourth-order valence-corrected chi connectivity index (χ4v) is 5.79. The van der Waals surface area contributed by atoms with Crippen molar-refractivity contribution in [1.29, 1.82) is 5.41 Å². The molecule has 1 fully saturated rings. The molecule has 1 aliphatic heterocycles. The molecule has 8 nitrogen and oxygen atoms in total. The Labute approximate surface area is 244 Å². The third-order valence-corrected chi connectivity index (χ3v) is 7.82. The van der Waals surface area contributed by atoms with Gasteiger partial charge in [0.05, 0.1) is 11.7 Å². The minimum atomic E-state index is -4.76. The van der Waals surface area contributed by atoms with Gasteiger partial charge in [0.25, 0.3) is 5.91 Å². The summed E-state index contributed by atoms with van der Waals surface area (Å²) in [5, 5.41) is 19.0. The number of nitrogens with zero attached hydrogens (tertiary/aromatic N) is 4. The molecule has 0 spiro atoms. The Balaban J connectivity index is 1.36. The topological polar surface area (TPSA) is 92.8 Å². The van der Waals surface area contributed by atoms with E-state index in [1.807, 2.05) is 42.5 Å². The number of thioether (sulfide) groups is 1. The van der Waals surface area contributed by atoms with Crippen LogP contribution in [0.5, 0.6) is 11.5 Å². The van der Waals surface area contributed by atoms with Crippen LogP contribution in [0.25, 0.3) is 10.9 Å². The van der Waals surface area contributed by atoms with Crippen molar-refractivity contribution >= 4 is 39.8 Å². The number of carbonyl (C=O) groups excluding carboxylic acids is 1. The Kier molecular flexibility index (Phi) is 8.00. The summed E-state index contributed by atoms with van der Waals surface area (Å²) in [5.41, 5.74) is 4.24. The third-order valence-electron chi connectivity index (χ3n) is 6.73. The van der Waals surface area contributed by atoms with E-state index >= 15 is 0 Å². The maximum Gasteiger partial charge on any atom is 0.573 e. The Hall–Kier alpha value is -4.32. The summed E-state index contributed by atoms with van der Waals surface area (Å²) >= 11 is 1.18. The van der Waals surface area contributed by atoms with Gasteiger partial charge in [-0.15, -0.1) is 13.2 Å². The third kappa shape index (κ3) is 6.13. The molecule has 0 saturated carbocycles. The van der Waals surface area contributed by atoms with Crippen molar-refractivity contribution in [3.05, 3.63) is 89.1 Å². The Morgan fingerprint density at radius 3 is 2.43 bits per heavy atom. The Bertz CT molecular complexity index is 1670. The van der Waals surface area contributed by atoms with Crippen LogP contribution in [-0.2, 0) is 11.8 Å². The number of amides is 1. The average Bonchev–Trinajstić information content (AvgIpc) is 3.42. The molecule has 3 aromatic carbocycles. The van der Waals surface area contributed by atoms with Crippen molar-refractivity contribution < 1.29 is 27.4 Å². The zero-order valence-corrected chi connectivity index (χ0v) is 24.0. The van der Waals surface area contributed by atoms with E-state index in [1.165, 1.54) is 41.0 Å². The molecule has 1 aromatic heterocycles. The average molecular weight is 596 g/mol. The van der Waals surface area contributed by atoms with E-state index in [4.69, 9.17) is 10.1 Å². The van der Waals surface area contributed by atoms with Gasteiger partial charge in [-0.05, 0) is 59.9 Å². The number of hydrazone groups is 1. The first kappa shape index (κ1) is 29.2. The van der Waals surface area contributed by atoms with E-state index in [1.54, 1.807) is 24.9 Å². The summed E-state index contributed by atoms with van der Waals surface area (Å²) in [5.74, 6) is -0.172. The number of aryl methyl sites for hydroxylation is 1. The van der Waals surface area contributed by atoms with Crippen molar-refractivity contribution in [3.8, 4) is 11.5 Å². The standard InChI is InChI=1S/C30H28F3N5O3S/c1-17(2)22-7-5-6-8-23(22)29-38(28(39)27(34)42-29)35-16-19-9-14-24-25(15-19)37(4)36-26(24)18(3)40-20-10-12-21(13-11-20)41-30(31,32)33/h5-18,29,34H,1-4H3/b34-27?,35-16+.